The maximum Gasteiger partial charge on any atom is 0.246 e. The van der Waals surface area contributed by atoms with Gasteiger partial charge in [0.15, 0.2) is 0 Å². The van der Waals surface area contributed by atoms with Gasteiger partial charge < -0.3 is 15.0 Å². The minimum Gasteiger partial charge on any atom is -0.368 e. The molecule has 26 heavy (non-hydrogen) atoms. The van der Waals surface area contributed by atoms with Crippen LogP contribution in [0.15, 0.2) is 23.6 Å². The first kappa shape index (κ1) is 17.7. The van der Waals surface area contributed by atoms with E-state index in [4.69, 9.17) is 4.74 Å². The molecule has 3 heterocycles. The molecule has 1 spiro atoms. The number of nitrogens with one attached hydrogen (secondary N) is 1. The molecule has 1 aromatic heterocycles. The number of nitrogens with zero attached hydrogens (tertiary/aromatic N) is 2. The van der Waals surface area contributed by atoms with Gasteiger partial charge in [0.1, 0.15) is 11.6 Å². The van der Waals surface area contributed by atoms with E-state index in [0.29, 0.717) is 25.6 Å². The number of carbonyl (C=O) groups is 2. The van der Waals surface area contributed by atoms with E-state index in [-0.39, 0.29) is 23.5 Å². The first-order valence-electron chi connectivity index (χ1n) is 9.19. The Morgan fingerprint density at radius 2 is 2.19 bits per heavy atom. The number of likely N-dealkylation sites (tertiary alicyclic amines) is 1. The van der Waals surface area contributed by atoms with Crippen molar-refractivity contribution < 1.29 is 14.3 Å². The van der Waals surface area contributed by atoms with E-state index in [9.17, 15) is 9.59 Å². The Bertz CT molecular complexity index is 693. The van der Waals surface area contributed by atoms with E-state index < -0.39 is 0 Å². The molecule has 3 fully saturated rings. The third kappa shape index (κ3) is 3.70. The lowest BCUT2D eigenvalue weighted by molar-refractivity contribution is -0.202. The van der Waals surface area contributed by atoms with Crippen LogP contribution in [0.5, 0.6) is 0 Å². The summed E-state index contributed by atoms with van der Waals surface area (Å²) in [5.41, 5.74) is -0.314. The monoisotopic (exact) mass is 375 g/mol. The molecule has 1 aliphatic carbocycles. The largest absolute Gasteiger partial charge is 0.368 e. The van der Waals surface area contributed by atoms with Crippen molar-refractivity contribution in [2.75, 3.05) is 39.8 Å². The average Bonchev–Trinajstić information content (AvgIpc) is 3.27. The fourth-order valence-electron chi connectivity index (χ4n) is 3.76. The number of rotatable bonds is 5. The fraction of sp³-hybridized carbons (Fsp3) is 0.579. The highest BCUT2D eigenvalue weighted by Gasteiger charge is 2.52. The second kappa shape index (κ2) is 7.13. The summed E-state index contributed by atoms with van der Waals surface area (Å²) in [6.45, 7) is 3.28. The quantitative estimate of drug-likeness (QED) is 0.786. The zero-order valence-electron chi connectivity index (χ0n) is 15.0. The molecule has 0 radical (unpaired) electrons. The Kier molecular flexibility index (Phi) is 4.86. The van der Waals surface area contributed by atoms with E-state index in [1.807, 2.05) is 28.5 Å². The summed E-state index contributed by atoms with van der Waals surface area (Å²) in [5, 5.41) is 4.74. The normalized spacial score (nSPS) is 25.4. The summed E-state index contributed by atoms with van der Waals surface area (Å²) in [6, 6.07) is 3.75. The number of hydrogen-bond acceptors (Lipinski definition) is 5. The molecule has 1 saturated carbocycles. The van der Waals surface area contributed by atoms with Crippen LogP contribution in [0.4, 0.5) is 0 Å². The molecule has 3 aliphatic rings. The number of thiophene rings is 1. The lowest BCUT2D eigenvalue weighted by Gasteiger charge is -2.55. The number of amides is 2. The van der Waals surface area contributed by atoms with Crippen LogP contribution in [-0.4, -0.2) is 73.1 Å². The fourth-order valence-corrected chi connectivity index (χ4v) is 4.38. The minimum atomic E-state index is -0.314. The minimum absolute atomic E-state index is 0.0200. The van der Waals surface area contributed by atoms with Crippen LogP contribution in [-0.2, 0) is 14.3 Å². The first-order valence-corrected chi connectivity index (χ1v) is 10.1. The van der Waals surface area contributed by atoms with Gasteiger partial charge in [-0.05, 0) is 36.3 Å². The van der Waals surface area contributed by atoms with Gasteiger partial charge in [-0.15, -0.1) is 11.3 Å². The highest BCUT2D eigenvalue weighted by atomic mass is 32.1. The van der Waals surface area contributed by atoms with Crippen LogP contribution in [0.25, 0.3) is 6.08 Å². The molecule has 140 valence electrons. The van der Waals surface area contributed by atoms with Crippen molar-refractivity contribution in [3.63, 3.8) is 0 Å². The SMILES string of the molecule is CNC(=O)[C@H]1COC2(CN(C(=O)/C=C/c3cccs3)C2)CN1CC1CC1. The van der Waals surface area contributed by atoms with E-state index in [1.54, 1.807) is 24.5 Å². The zero-order chi connectivity index (χ0) is 18.1. The maximum atomic E-state index is 12.3. The van der Waals surface area contributed by atoms with Crippen LogP contribution in [0.1, 0.15) is 17.7 Å². The van der Waals surface area contributed by atoms with Crippen molar-refractivity contribution in [2.24, 2.45) is 5.92 Å². The van der Waals surface area contributed by atoms with E-state index in [1.165, 1.54) is 12.8 Å². The topological polar surface area (TPSA) is 61.9 Å². The Labute approximate surface area is 157 Å². The van der Waals surface area contributed by atoms with E-state index in [2.05, 4.69) is 10.2 Å². The number of likely N-dealkylation sites (N-methyl/N-ethyl adjacent to an activating group) is 1. The Hall–Kier alpha value is -1.70. The summed E-state index contributed by atoms with van der Waals surface area (Å²) in [7, 11) is 1.67. The number of carbonyl (C=O) groups excluding carboxylic acids is 2. The van der Waals surface area contributed by atoms with E-state index in [0.717, 1.165) is 18.0 Å². The number of hydrogen-bond donors (Lipinski definition) is 1. The smallest absolute Gasteiger partial charge is 0.246 e. The van der Waals surface area contributed by atoms with Gasteiger partial charge in [-0.25, -0.2) is 0 Å². The van der Waals surface area contributed by atoms with Crippen molar-refractivity contribution in [1.29, 1.82) is 0 Å². The highest BCUT2D eigenvalue weighted by Crippen LogP contribution is 2.35. The van der Waals surface area contributed by atoms with Crippen molar-refractivity contribution in [2.45, 2.75) is 24.5 Å². The van der Waals surface area contributed by atoms with Gasteiger partial charge in [-0.1, -0.05) is 6.07 Å². The lowest BCUT2D eigenvalue weighted by Crippen LogP contribution is -2.73. The molecule has 0 aromatic carbocycles. The van der Waals surface area contributed by atoms with Crippen LogP contribution < -0.4 is 5.32 Å². The molecule has 2 saturated heterocycles. The van der Waals surface area contributed by atoms with Gasteiger partial charge in [0.05, 0.1) is 19.7 Å². The average molecular weight is 375 g/mol. The molecule has 0 bridgehead atoms. The summed E-state index contributed by atoms with van der Waals surface area (Å²) in [6.07, 6.45) is 6.00. The Morgan fingerprint density at radius 3 is 2.85 bits per heavy atom. The van der Waals surface area contributed by atoms with Crippen LogP contribution >= 0.6 is 11.3 Å². The third-order valence-corrected chi connectivity index (χ3v) is 6.26. The zero-order valence-corrected chi connectivity index (χ0v) is 15.8. The standard InChI is InChI=1S/C19H25N3O3S/c1-20-18(24)16-10-25-19(11-21(16)9-14-4-5-14)12-22(13-19)17(23)7-6-15-3-2-8-26-15/h2-3,6-8,14,16H,4-5,9-13H2,1H3,(H,20,24)/b7-6+/t16-/m1/s1. The van der Waals surface area contributed by atoms with E-state index >= 15 is 0 Å². The molecule has 6 nitrogen and oxygen atoms in total. The summed E-state index contributed by atoms with van der Waals surface area (Å²) >= 11 is 1.61. The van der Waals surface area contributed by atoms with Crippen molar-refractivity contribution >= 4 is 29.2 Å². The molecule has 1 N–H and O–H groups in total. The number of ether oxygens (including phenoxy) is 1. The maximum absolute atomic E-state index is 12.3. The summed E-state index contributed by atoms with van der Waals surface area (Å²) < 4.78 is 6.08. The molecule has 2 amide bonds. The predicted molar refractivity (Wildman–Crippen MR) is 101 cm³/mol. The van der Waals surface area contributed by atoms with Gasteiger partial charge in [-0.2, -0.15) is 0 Å². The summed E-state index contributed by atoms with van der Waals surface area (Å²) in [4.78, 5) is 29.7. The summed E-state index contributed by atoms with van der Waals surface area (Å²) in [5.74, 6) is 0.755. The molecule has 7 heteroatoms. The van der Waals surface area contributed by atoms with Crippen molar-refractivity contribution in [1.82, 2.24) is 15.1 Å². The molecule has 1 atom stereocenters. The molecular formula is C19H25N3O3S. The second-order valence-corrected chi connectivity index (χ2v) is 8.52. The van der Waals surface area contributed by atoms with Gasteiger partial charge in [0, 0.05) is 31.1 Å². The van der Waals surface area contributed by atoms with Gasteiger partial charge in [-0.3, -0.25) is 14.5 Å². The number of morpholine rings is 1. The van der Waals surface area contributed by atoms with Gasteiger partial charge >= 0.3 is 0 Å². The van der Waals surface area contributed by atoms with Crippen molar-refractivity contribution in [3.05, 3.63) is 28.5 Å². The Morgan fingerprint density at radius 1 is 1.38 bits per heavy atom. The first-order chi connectivity index (χ1) is 12.6. The van der Waals surface area contributed by atoms with Crippen molar-refractivity contribution in [3.8, 4) is 0 Å². The molecule has 4 rings (SSSR count). The molecular weight excluding hydrogens is 350 g/mol. The second-order valence-electron chi connectivity index (χ2n) is 7.54. The highest BCUT2D eigenvalue weighted by molar-refractivity contribution is 7.10. The van der Waals surface area contributed by atoms with Crippen LogP contribution in [0.3, 0.4) is 0 Å². The van der Waals surface area contributed by atoms with Crippen LogP contribution in [0, 0.1) is 5.92 Å². The molecule has 0 unspecified atom stereocenters. The lowest BCUT2D eigenvalue weighted by atomic mass is 9.90. The predicted octanol–water partition coefficient (Wildman–Crippen LogP) is 1.20. The Balaban J connectivity index is 1.35. The molecule has 2 aliphatic heterocycles. The van der Waals surface area contributed by atoms with Crippen LogP contribution in [0.2, 0.25) is 0 Å². The van der Waals surface area contributed by atoms with Gasteiger partial charge in [0.2, 0.25) is 11.8 Å². The third-order valence-electron chi connectivity index (χ3n) is 5.42. The van der Waals surface area contributed by atoms with Gasteiger partial charge in [0.25, 0.3) is 0 Å². The molecule has 1 aromatic rings.